The second-order valence-corrected chi connectivity index (χ2v) is 5.79. The van der Waals surface area contributed by atoms with Crippen LogP contribution in [-0.4, -0.2) is 43.4 Å². The van der Waals surface area contributed by atoms with Crippen LogP contribution < -0.4 is 0 Å². The molecule has 5 nitrogen and oxygen atoms in total. The number of aliphatic imine (C=N–C) groups is 2. The van der Waals surface area contributed by atoms with Gasteiger partial charge in [-0.05, 0) is 18.6 Å². The van der Waals surface area contributed by atoms with Crippen molar-refractivity contribution in [2.24, 2.45) is 21.8 Å². The van der Waals surface area contributed by atoms with Gasteiger partial charge in [0, 0.05) is 17.8 Å². The Hall–Kier alpha value is -2.37. The molecule has 2 aliphatic rings. The number of benzene rings is 1. The molecule has 0 aromatic heterocycles. The van der Waals surface area contributed by atoms with Gasteiger partial charge in [-0.1, -0.05) is 18.2 Å². The summed E-state index contributed by atoms with van der Waals surface area (Å²) in [5.74, 6) is -3.07. The highest BCUT2D eigenvalue weighted by Gasteiger charge is 2.49. The SMILES string of the molecule is COC(=O)C1C(C)=NC2C=NCC(=O)C2C1c1ccccc1F. The average molecular weight is 316 g/mol. The maximum absolute atomic E-state index is 14.4. The summed E-state index contributed by atoms with van der Waals surface area (Å²) >= 11 is 0. The van der Waals surface area contributed by atoms with Gasteiger partial charge in [0.25, 0.3) is 0 Å². The summed E-state index contributed by atoms with van der Waals surface area (Å²) in [6.45, 7) is 1.74. The van der Waals surface area contributed by atoms with Gasteiger partial charge in [0.05, 0.1) is 25.6 Å². The number of esters is 1. The van der Waals surface area contributed by atoms with Gasteiger partial charge >= 0.3 is 5.97 Å². The Kier molecular flexibility index (Phi) is 4.07. The molecule has 0 spiro atoms. The predicted molar refractivity (Wildman–Crippen MR) is 83.4 cm³/mol. The molecule has 0 N–H and O–H groups in total. The molecule has 3 rings (SSSR count). The average Bonchev–Trinajstić information content (AvgIpc) is 2.54. The lowest BCUT2D eigenvalue weighted by atomic mass is 9.67. The Labute approximate surface area is 133 Å². The molecule has 0 amide bonds. The van der Waals surface area contributed by atoms with Crippen LogP contribution in [-0.2, 0) is 14.3 Å². The fourth-order valence-electron chi connectivity index (χ4n) is 3.51. The molecule has 0 saturated carbocycles. The van der Waals surface area contributed by atoms with E-state index in [1.165, 1.54) is 13.2 Å². The fraction of sp³-hybridized carbons (Fsp3) is 0.412. The van der Waals surface area contributed by atoms with Crippen molar-refractivity contribution in [2.45, 2.75) is 18.9 Å². The Morgan fingerprint density at radius 1 is 1.30 bits per heavy atom. The first kappa shape index (κ1) is 15.5. The summed E-state index contributed by atoms with van der Waals surface area (Å²) in [6.07, 6.45) is 1.62. The van der Waals surface area contributed by atoms with Crippen LogP contribution >= 0.6 is 0 Å². The van der Waals surface area contributed by atoms with E-state index in [2.05, 4.69) is 9.98 Å². The first-order valence-electron chi connectivity index (χ1n) is 7.43. The molecule has 0 fully saturated rings. The minimum atomic E-state index is -0.770. The number of hydrogen-bond donors (Lipinski definition) is 0. The zero-order valence-corrected chi connectivity index (χ0v) is 12.9. The first-order chi connectivity index (χ1) is 11.0. The van der Waals surface area contributed by atoms with Crippen molar-refractivity contribution in [1.82, 2.24) is 0 Å². The van der Waals surface area contributed by atoms with Crippen LogP contribution in [0.25, 0.3) is 0 Å². The van der Waals surface area contributed by atoms with E-state index in [1.54, 1.807) is 31.3 Å². The number of nitrogens with zero attached hydrogens (tertiary/aromatic N) is 2. The van der Waals surface area contributed by atoms with Crippen molar-refractivity contribution in [2.75, 3.05) is 13.7 Å². The summed E-state index contributed by atoms with van der Waals surface area (Å²) in [6, 6.07) is 5.77. The largest absolute Gasteiger partial charge is 0.468 e. The molecule has 0 aliphatic carbocycles. The smallest absolute Gasteiger partial charge is 0.315 e. The number of halogens is 1. The maximum Gasteiger partial charge on any atom is 0.315 e. The molecule has 6 heteroatoms. The highest BCUT2D eigenvalue weighted by molar-refractivity contribution is 6.06. The molecule has 23 heavy (non-hydrogen) atoms. The molecular formula is C17H17FN2O3. The number of Topliss-reactive ketones (excluding diaryl/α,β-unsaturated/α-hetero) is 1. The van der Waals surface area contributed by atoms with Crippen molar-refractivity contribution in [3.05, 3.63) is 35.6 Å². The summed E-state index contributed by atoms with van der Waals surface area (Å²) in [4.78, 5) is 33.2. The van der Waals surface area contributed by atoms with Gasteiger partial charge in [-0.15, -0.1) is 0 Å². The summed E-state index contributed by atoms with van der Waals surface area (Å²) < 4.78 is 19.3. The zero-order chi connectivity index (χ0) is 16.6. The third-order valence-corrected chi connectivity index (χ3v) is 4.51. The lowest BCUT2D eigenvalue weighted by Crippen LogP contribution is -2.48. The second kappa shape index (κ2) is 6.02. The van der Waals surface area contributed by atoms with Crippen molar-refractivity contribution >= 4 is 23.7 Å². The number of hydrogen-bond acceptors (Lipinski definition) is 5. The normalized spacial score (nSPS) is 29.7. The summed E-state index contributed by atoms with van der Waals surface area (Å²) in [5.41, 5.74) is 0.878. The first-order valence-corrected chi connectivity index (χ1v) is 7.43. The molecule has 2 heterocycles. The molecule has 4 unspecified atom stereocenters. The van der Waals surface area contributed by atoms with Crippen molar-refractivity contribution in [1.29, 1.82) is 0 Å². The van der Waals surface area contributed by atoms with Crippen molar-refractivity contribution in [3.63, 3.8) is 0 Å². The monoisotopic (exact) mass is 316 g/mol. The van der Waals surface area contributed by atoms with E-state index >= 15 is 0 Å². The van der Waals surface area contributed by atoms with E-state index < -0.39 is 35.6 Å². The van der Waals surface area contributed by atoms with E-state index in [0.29, 0.717) is 11.3 Å². The minimum Gasteiger partial charge on any atom is -0.468 e. The number of ketones is 1. The summed E-state index contributed by atoms with van der Waals surface area (Å²) in [5, 5.41) is 0. The lowest BCUT2D eigenvalue weighted by Gasteiger charge is -2.39. The molecule has 120 valence electrons. The quantitative estimate of drug-likeness (QED) is 0.782. The predicted octanol–water partition coefficient (Wildman–Crippen LogP) is 1.81. The number of methoxy groups -OCH3 is 1. The molecule has 0 saturated heterocycles. The van der Waals surface area contributed by atoms with Gasteiger partial charge in [0.2, 0.25) is 0 Å². The van der Waals surface area contributed by atoms with Gasteiger partial charge in [-0.25, -0.2) is 4.39 Å². The van der Waals surface area contributed by atoms with Gasteiger partial charge in [0.15, 0.2) is 5.78 Å². The van der Waals surface area contributed by atoms with Crippen LogP contribution in [0.3, 0.4) is 0 Å². The molecule has 1 aromatic rings. The Balaban J connectivity index is 2.18. The van der Waals surface area contributed by atoms with Crippen LogP contribution in [0.4, 0.5) is 4.39 Å². The molecule has 2 aliphatic heterocycles. The van der Waals surface area contributed by atoms with Crippen molar-refractivity contribution < 1.29 is 18.7 Å². The van der Waals surface area contributed by atoms with Gasteiger partial charge in [0.1, 0.15) is 11.7 Å². The summed E-state index contributed by atoms with van der Waals surface area (Å²) in [7, 11) is 1.28. The minimum absolute atomic E-state index is 0.0363. The van der Waals surface area contributed by atoms with E-state index in [-0.39, 0.29) is 12.3 Å². The molecular weight excluding hydrogens is 299 g/mol. The number of ether oxygens (including phenoxy) is 1. The lowest BCUT2D eigenvalue weighted by molar-refractivity contribution is -0.144. The number of fused-ring (bicyclic) bond motifs is 1. The van der Waals surface area contributed by atoms with Crippen LogP contribution in [0.2, 0.25) is 0 Å². The van der Waals surface area contributed by atoms with E-state index in [1.807, 2.05) is 0 Å². The highest BCUT2D eigenvalue weighted by atomic mass is 19.1. The molecule has 0 radical (unpaired) electrons. The van der Waals surface area contributed by atoms with Gasteiger partial charge in [-0.3, -0.25) is 19.6 Å². The topological polar surface area (TPSA) is 68.1 Å². The highest BCUT2D eigenvalue weighted by Crippen LogP contribution is 2.42. The van der Waals surface area contributed by atoms with Crippen molar-refractivity contribution in [3.8, 4) is 0 Å². The van der Waals surface area contributed by atoms with E-state index in [0.717, 1.165) is 0 Å². The molecule has 4 atom stereocenters. The third-order valence-electron chi connectivity index (χ3n) is 4.51. The molecule has 1 aromatic carbocycles. The number of carbonyl (C=O) groups is 2. The van der Waals surface area contributed by atoms with Crippen LogP contribution in [0, 0.1) is 17.7 Å². The third kappa shape index (κ3) is 2.58. The standard InChI is InChI=1S/C17H17FN2O3/c1-9-14(17(22)23-2)15(10-5-3-4-6-11(10)18)16-12(20-9)7-19-8-13(16)21/h3-7,12,14-16H,8H2,1-2H3. The van der Waals surface area contributed by atoms with Crippen LogP contribution in [0.5, 0.6) is 0 Å². The zero-order valence-electron chi connectivity index (χ0n) is 12.9. The Morgan fingerprint density at radius 2 is 2.04 bits per heavy atom. The number of carbonyl (C=O) groups excluding carboxylic acids is 2. The fourth-order valence-corrected chi connectivity index (χ4v) is 3.51. The van der Waals surface area contributed by atoms with Crippen LogP contribution in [0.15, 0.2) is 34.3 Å². The van der Waals surface area contributed by atoms with Gasteiger partial charge < -0.3 is 4.74 Å². The molecule has 0 bridgehead atoms. The maximum atomic E-state index is 14.4. The van der Waals surface area contributed by atoms with E-state index in [9.17, 15) is 14.0 Å². The second-order valence-electron chi connectivity index (χ2n) is 5.79. The van der Waals surface area contributed by atoms with Gasteiger partial charge in [-0.2, -0.15) is 0 Å². The van der Waals surface area contributed by atoms with Crippen LogP contribution in [0.1, 0.15) is 18.4 Å². The van der Waals surface area contributed by atoms with E-state index in [4.69, 9.17) is 4.74 Å². The number of rotatable bonds is 2. The Morgan fingerprint density at radius 3 is 2.74 bits per heavy atom. The Bertz CT molecular complexity index is 714.